The maximum absolute atomic E-state index is 4.50. The molecule has 3 rings (SSSR count). The summed E-state index contributed by atoms with van der Waals surface area (Å²) >= 11 is 0. The Balaban J connectivity index is 2.17. The van der Waals surface area contributed by atoms with Crippen LogP contribution in [0.25, 0.3) is 10.8 Å². The van der Waals surface area contributed by atoms with Crippen molar-refractivity contribution in [1.82, 2.24) is 19.9 Å². The van der Waals surface area contributed by atoms with Crippen molar-refractivity contribution in [3.05, 3.63) is 60.4 Å². The number of hydrogen-bond donors (Lipinski definition) is 1. The Labute approximate surface area is 118 Å². The zero-order valence-electron chi connectivity index (χ0n) is 11.7. The zero-order valence-corrected chi connectivity index (χ0v) is 11.7. The third kappa shape index (κ3) is 2.18. The fraction of sp³-hybridized carbons (Fsp3) is 0.250. The summed E-state index contributed by atoms with van der Waals surface area (Å²) in [6, 6.07) is 8.46. The van der Waals surface area contributed by atoms with E-state index in [2.05, 4.69) is 45.0 Å². The van der Waals surface area contributed by atoms with E-state index in [-0.39, 0.29) is 6.04 Å². The number of hydrogen-bond acceptors (Lipinski definition) is 3. The van der Waals surface area contributed by atoms with Crippen LogP contribution in [0.3, 0.4) is 0 Å². The van der Waals surface area contributed by atoms with E-state index >= 15 is 0 Å². The molecule has 20 heavy (non-hydrogen) atoms. The van der Waals surface area contributed by atoms with Gasteiger partial charge in [0, 0.05) is 37.2 Å². The van der Waals surface area contributed by atoms with Gasteiger partial charge in [-0.15, -0.1) is 0 Å². The molecule has 0 radical (unpaired) electrons. The summed E-state index contributed by atoms with van der Waals surface area (Å²) in [6.45, 7) is 2.99. The first-order valence-electron chi connectivity index (χ1n) is 6.84. The van der Waals surface area contributed by atoms with Crippen LogP contribution in [-0.4, -0.2) is 21.1 Å². The molecule has 4 heteroatoms. The molecule has 3 aromatic rings. The van der Waals surface area contributed by atoms with E-state index in [0.717, 1.165) is 12.4 Å². The Morgan fingerprint density at radius 2 is 2.15 bits per heavy atom. The summed E-state index contributed by atoms with van der Waals surface area (Å²) in [7, 11) is 2.02. The van der Waals surface area contributed by atoms with E-state index in [0.29, 0.717) is 0 Å². The number of rotatable bonds is 4. The molecule has 1 unspecified atom stereocenters. The summed E-state index contributed by atoms with van der Waals surface area (Å²) in [5, 5.41) is 5.90. The van der Waals surface area contributed by atoms with Crippen LogP contribution < -0.4 is 5.32 Å². The van der Waals surface area contributed by atoms with Gasteiger partial charge in [0.2, 0.25) is 0 Å². The fourth-order valence-corrected chi connectivity index (χ4v) is 2.59. The minimum atomic E-state index is 0.0768. The van der Waals surface area contributed by atoms with Crippen LogP contribution in [0.4, 0.5) is 0 Å². The predicted octanol–water partition coefficient (Wildman–Crippen LogP) is 2.67. The third-order valence-electron chi connectivity index (χ3n) is 3.55. The topological polar surface area (TPSA) is 42.7 Å². The van der Waals surface area contributed by atoms with Crippen molar-refractivity contribution in [2.45, 2.75) is 13.0 Å². The maximum atomic E-state index is 4.50. The molecule has 0 saturated carbocycles. The number of pyridine rings is 1. The highest BCUT2D eigenvalue weighted by Gasteiger charge is 2.19. The lowest BCUT2D eigenvalue weighted by molar-refractivity contribution is 0.580. The maximum Gasteiger partial charge on any atom is 0.130 e. The highest BCUT2D eigenvalue weighted by Crippen LogP contribution is 2.27. The fourth-order valence-electron chi connectivity index (χ4n) is 2.59. The summed E-state index contributed by atoms with van der Waals surface area (Å²) in [4.78, 5) is 8.76. The van der Waals surface area contributed by atoms with E-state index in [9.17, 15) is 0 Å². The van der Waals surface area contributed by atoms with Gasteiger partial charge in [-0.25, -0.2) is 4.98 Å². The highest BCUT2D eigenvalue weighted by atomic mass is 15.1. The second kappa shape index (κ2) is 5.43. The van der Waals surface area contributed by atoms with E-state index in [4.69, 9.17) is 0 Å². The van der Waals surface area contributed by atoms with Gasteiger partial charge in [0.25, 0.3) is 0 Å². The first-order chi connectivity index (χ1) is 9.81. The normalized spacial score (nSPS) is 12.7. The molecule has 0 saturated heterocycles. The molecule has 1 aromatic carbocycles. The lowest BCUT2D eigenvalue weighted by atomic mass is 9.99. The highest BCUT2D eigenvalue weighted by molar-refractivity contribution is 5.85. The summed E-state index contributed by atoms with van der Waals surface area (Å²) in [5.41, 5.74) is 1.21. The number of nitrogens with zero attached hydrogens (tertiary/aromatic N) is 3. The van der Waals surface area contributed by atoms with Crippen LogP contribution >= 0.6 is 0 Å². The average Bonchev–Trinajstić information content (AvgIpc) is 2.90. The molecule has 0 aliphatic carbocycles. The largest absolute Gasteiger partial charge is 0.336 e. The van der Waals surface area contributed by atoms with Crippen molar-refractivity contribution in [1.29, 1.82) is 0 Å². The van der Waals surface area contributed by atoms with E-state index in [1.165, 1.54) is 16.3 Å². The van der Waals surface area contributed by atoms with Crippen molar-refractivity contribution in [3.63, 3.8) is 0 Å². The Kier molecular flexibility index (Phi) is 3.48. The molecule has 0 fully saturated rings. The molecule has 1 atom stereocenters. The first kappa shape index (κ1) is 12.8. The predicted molar refractivity (Wildman–Crippen MR) is 80.5 cm³/mol. The Morgan fingerprint density at radius 3 is 2.90 bits per heavy atom. The SMILES string of the molecule is CCNC(c1cccc2ccncc12)c1nccn1C. The van der Waals surface area contributed by atoms with Crippen LogP contribution in [0.1, 0.15) is 24.4 Å². The van der Waals surface area contributed by atoms with Crippen LogP contribution in [0.2, 0.25) is 0 Å². The van der Waals surface area contributed by atoms with Crippen molar-refractivity contribution in [2.75, 3.05) is 6.54 Å². The lowest BCUT2D eigenvalue weighted by Gasteiger charge is -2.19. The molecule has 2 heterocycles. The minimum Gasteiger partial charge on any atom is -0.336 e. The Bertz CT molecular complexity index is 712. The van der Waals surface area contributed by atoms with Crippen LogP contribution in [0.15, 0.2) is 49.1 Å². The van der Waals surface area contributed by atoms with Gasteiger partial charge < -0.3 is 9.88 Å². The molecular weight excluding hydrogens is 248 g/mol. The quantitative estimate of drug-likeness (QED) is 0.789. The van der Waals surface area contributed by atoms with Crippen LogP contribution in [0.5, 0.6) is 0 Å². The second-order valence-electron chi connectivity index (χ2n) is 4.83. The number of nitrogens with one attached hydrogen (secondary N) is 1. The average molecular weight is 266 g/mol. The Morgan fingerprint density at radius 1 is 1.25 bits per heavy atom. The second-order valence-corrected chi connectivity index (χ2v) is 4.83. The smallest absolute Gasteiger partial charge is 0.130 e. The number of benzene rings is 1. The molecule has 4 nitrogen and oxygen atoms in total. The molecule has 1 N–H and O–H groups in total. The summed E-state index contributed by atoms with van der Waals surface area (Å²) in [6.07, 6.45) is 7.57. The van der Waals surface area contributed by atoms with E-state index in [1.807, 2.05) is 37.9 Å². The van der Waals surface area contributed by atoms with Gasteiger partial charge in [-0.1, -0.05) is 25.1 Å². The van der Waals surface area contributed by atoms with Gasteiger partial charge >= 0.3 is 0 Å². The van der Waals surface area contributed by atoms with Crippen molar-refractivity contribution in [3.8, 4) is 0 Å². The standard InChI is InChI=1S/C16H18N4/c1-3-18-15(16-19-9-10-20(16)2)13-6-4-5-12-7-8-17-11-14(12)13/h4-11,15,18H,3H2,1-2H3. The first-order valence-corrected chi connectivity index (χ1v) is 6.84. The van der Waals surface area contributed by atoms with Gasteiger partial charge in [-0.2, -0.15) is 0 Å². The lowest BCUT2D eigenvalue weighted by Crippen LogP contribution is -2.25. The monoisotopic (exact) mass is 266 g/mol. The summed E-state index contributed by atoms with van der Waals surface area (Å²) < 4.78 is 2.06. The van der Waals surface area contributed by atoms with Gasteiger partial charge in [0.1, 0.15) is 5.82 Å². The molecule has 102 valence electrons. The van der Waals surface area contributed by atoms with Crippen LogP contribution in [-0.2, 0) is 7.05 Å². The number of aromatic nitrogens is 3. The van der Waals surface area contributed by atoms with Crippen molar-refractivity contribution >= 4 is 10.8 Å². The molecule has 0 spiro atoms. The van der Waals surface area contributed by atoms with Crippen LogP contribution in [0, 0.1) is 0 Å². The van der Waals surface area contributed by atoms with E-state index in [1.54, 1.807) is 0 Å². The van der Waals surface area contributed by atoms with Gasteiger partial charge in [0.05, 0.1) is 6.04 Å². The molecule has 0 bridgehead atoms. The number of aryl methyl sites for hydroxylation is 1. The number of fused-ring (bicyclic) bond motifs is 1. The van der Waals surface area contributed by atoms with E-state index < -0.39 is 0 Å². The zero-order chi connectivity index (χ0) is 13.9. The molecule has 0 aliphatic heterocycles. The minimum absolute atomic E-state index is 0.0768. The number of imidazole rings is 1. The van der Waals surface area contributed by atoms with Gasteiger partial charge in [-0.05, 0) is 23.6 Å². The molecule has 0 aliphatic rings. The summed E-state index contributed by atoms with van der Waals surface area (Å²) in [5.74, 6) is 1.02. The van der Waals surface area contributed by atoms with Crippen molar-refractivity contribution < 1.29 is 0 Å². The Hall–Kier alpha value is -2.20. The van der Waals surface area contributed by atoms with Gasteiger partial charge in [-0.3, -0.25) is 4.98 Å². The molecule has 2 aromatic heterocycles. The molecule has 0 amide bonds. The van der Waals surface area contributed by atoms with Gasteiger partial charge in [0.15, 0.2) is 0 Å². The molecular formula is C16H18N4. The third-order valence-corrected chi connectivity index (χ3v) is 3.55. The van der Waals surface area contributed by atoms with Crippen molar-refractivity contribution in [2.24, 2.45) is 7.05 Å².